The van der Waals surface area contributed by atoms with Gasteiger partial charge in [0.15, 0.2) is 0 Å². The van der Waals surface area contributed by atoms with Crippen molar-refractivity contribution in [2.24, 2.45) is 0 Å². The number of nitro benzene ring substituents is 1. The molecule has 0 aromatic heterocycles. The van der Waals surface area contributed by atoms with Crippen LogP contribution in [-0.2, 0) is 16.3 Å². The van der Waals surface area contributed by atoms with Crippen LogP contribution in [0.1, 0.15) is 12.0 Å². The SMILES string of the molecule is CS(=O)(=O)CCCNCCc1ccc([N+](=O)[O-])cc1. The van der Waals surface area contributed by atoms with Crippen molar-refractivity contribution in [2.75, 3.05) is 25.1 Å². The maximum Gasteiger partial charge on any atom is 0.269 e. The van der Waals surface area contributed by atoms with Gasteiger partial charge in [-0.25, -0.2) is 8.42 Å². The summed E-state index contributed by atoms with van der Waals surface area (Å²) < 4.78 is 21.8. The van der Waals surface area contributed by atoms with Crippen molar-refractivity contribution in [1.29, 1.82) is 0 Å². The van der Waals surface area contributed by atoms with Crippen molar-refractivity contribution in [2.45, 2.75) is 12.8 Å². The molecular weight excluding hydrogens is 268 g/mol. The molecule has 0 amide bonds. The molecule has 1 aromatic carbocycles. The Morgan fingerprint density at radius 2 is 1.84 bits per heavy atom. The first kappa shape index (κ1) is 15.6. The van der Waals surface area contributed by atoms with Gasteiger partial charge in [-0.15, -0.1) is 0 Å². The maximum atomic E-state index is 10.9. The summed E-state index contributed by atoms with van der Waals surface area (Å²) in [4.78, 5) is 10.0. The van der Waals surface area contributed by atoms with Gasteiger partial charge in [-0.2, -0.15) is 0 Å². The van der Waals surface area contributed by atoms with Crippen LogP contribution in [0.3, 0.4) is 0 Å². The standard InChI is InChI=1S/C12H18N2O4S/c1-19(17,18)10-2-8-13-9-7-11-3-5-12(6-4-11)14(15)16/h3-6,13H,2,7-10H2,1H3. The van der Waals surface area contributed by atoms with E-state index in [-0.39, 0.29) is 11.4 Å². The number of rotatable bonds is 8. The van der Waals surface area contributed by atoms with Gasteiger partial charge in [0.2, 0.25) is 0 Å². The van der Waals surface area contributed by atoms with E-state index in [4.69, 9.17) is 0 Å². The Kier molecular flexibility index (Phi) is 5.91. The smallest absolute Gasteiger partial charge is 0.269 e. The van der Waals surface area contributed by atoms with Crippen molar-refractivity contribution < 1.29 is 13.3 Å². The molecule has 0 radical (unpaired) electrons. The Bertz CT molecular complexity index is 511. The molecular formula is C12H18N2O4S. The molecule has 0 aliphatic carbocycles. The number of sulfone groups is 1. The van der Waals surface area contributed by atoms with Gasteiger partial charge in [0.25, 0.3) is 5.69 Å². The quantitative estimate of drug-likeness (QED) is 0.440. The molecule has 0 bridgehead atoms. The molecule has 0 saturated heterocycles. The zero-order chi connectivity index (χ0) is 14.3. The highest BCUT2D eigenvalue weighted by molar-refractivity contribution is 7.90. The molecule has 0 aliphatic rings. The zero-order valence-corrected chi connectivity index (χ0v) is 11.6. The minimum Gasteiger partial charge on any atom is -0.316 e. The molecule has 0 heterocycles. The highest BCUT2D eigenvalue weighted by atomic mass is 32.2. The molecule has 0 unspecified atom stereocenters. The second-order valence-corrected chi connectivity index (χ2v) is 6.67. The molecule has 7 heteroatoms. The highest BCUT2D eigenvalue weighted by Crippen LogP contribution is 2.11. The first-order valence-corrected chi connectivity index (χ1v) is 8.06. The van der Waals surface area contributed by atoms with Crippen molar-refractivity contribution in [3.63, 3.8) is 0 Å². The van der Waals surface area contributed by atoms with Crippen molar-refractivity contribution in [3.05, 3.63) is 39.9 Å². The lowest BCUT2D eigenvalue weighted by Gasteiger charge is -2.04. The molecule has 0 aliphatic heterocycles. The fourth-order valence-electron chi connectivity index (χ4n) is 1.60. The second-order valence-electron chi connectivity index (χ2n) is 4.41. The number of benzene rings is 1. The molecule has 106 valence electrons. The summed E-state index contributed by atoms with van der Waals surface area (Å²) in [5, 5.41) is 13.6. The average Bonchev–Trinajstić information content (AvgIpc) is 2.33. The summed E-state index contributed by atoms with van der Waals surface area (Å²) in [7, 11) is -2.88. The summed E-state index contributed by atoms with van der Waals surface area (Å²) in [5.41, 5.74) is 1.10. The average molecular weight is 286 g/mol. The van der Waals surface area contributed by atoms with Crippen LogP contribution >= 0.6 is 0 Å². The van der Waals surface area contributed by atoms with Gasteiger partial charge in [0, 0.05) is 18.4 Å². The van der Waals surface area contributed by atoms with Crippen LogP contribution in [0.15, 0.2) is 24.3 Å². The van der Waals surface area contributed by atoms with E-state index >= 15 is 0 Å². The van der Waals surface area contributed by atoms with Gasteiger partial charge in [-0.3, -0.25) is 10.1 Å². The molecule has 1 rings (SSSR count). The normalized spacial score (nSPS) is 11.4. The highest BCUT2D eigenvalue weighted by Gasteiger charge is 2.04. The van der Waals surface area contributed by atoms with Crippen LogP contribution in [0, 0.1) is 10.1 Å². The van der Waals surface area contributed by atoms with Crippen LogP contribution in [0.2, 0.25) is 0 Å². The number of hydrogen-bond acceptors (Lipinski definition) is 5. The van der Waals surface area contributed by atoms with Crippen LogP contribution < -0.4 is 5.32 Å². The summed E-state index contributed by atoms with van der Waals surface area (Å²) >= 11 is 0. The number of nitrogens with zero attached hydrogens (tertiary/aromatic N) is 1. The molecule has 6 nitrogen and oxygen atoms in total. The van der Waals surface area contributed by atoms with Crippen molar-refractivity contribution >= 4 is 15.5 Å². The number of non-ortho nitro benzene ring substituents is 1. The minimum atomic E-state index is -2.88. The lowest BCUT2D eigenvalue weighted by Crippen LogP contribution is -2.20. The number of nitrogens with one attached hydrogen (secondary N) is 1. The third-order valence-corrected chi connectivity index (χ3v) is 3.64. The van der Waals surface area contributed by atoms with E-state index < -0.39 is 14.8 Å². The molecule has 1 N–H and O–H groups in total. The fraction of sp³-hybridized carbons (Fsp3) is 0.500. The minimum absolute atomic E-state index is 0.0878. The summed E-state index contributed by atoms with van der Waals surface area (Å²) in [6, 6.07) is 6.44. The van der Waals surface area contributed by atoms with Crippen LogP contribution in [0.5, 0.6) is 0 Å². The third-order valence-electron chi connectivity index (χ3n) is 2.61. The molecule has 1 aromatic rings. The summed E-state index contributed by atoms with van der Waals surface area (Å²) in [6.45, 7) is 1.38. The molecule has 19 heavy (non-hydrogen) atoms. The van der Waals surface area contributed by atoms with E-state index in [9.17, 15) is 18.5 Å². The zero-order valence-electron chi connectivity index (χ0n) is 10.8. The van der Waals surface area contributed by atoms with Crippen LogP contribution in [0.25, 0.3) is 0 Å². The van der Waals surface area contributed by atoms with Gasteiger partial charge >= 0.3 is 0 Å². The van der Waals surface area contributed by atoms with E-state index in [1.807, 2.05) is 0 Å². The van der Waals surface area contributed by atoms with E-state index in [1.54, 1.807) is 12.1 Å². The Morgan fingerprint density at radius 3 is 2.37 bits per heavy atom. The van der Waals surface area contributed by atoms with Crippen molar-refractivity contribution in [1.82, 2.24) is 5.32 Å². The third kappa shape index (κ3) is 6.88. The first-order valence-electron chi connectivity index (χ1n) is 6.00. The van der Waals surface area contributed by atoms with Gasteiger partial charge in [-0.1, -0.05) is 12.1 Å². The van der Waals surface area contributed by atoms with E-state index in [1.165, 1.54) is 18.4 Å². The second kappa shape index (κ2) is 7.20. The summed E-state index contributed by atoms with van der Waals surface area (Å²) in [5.74, 6) is 0.192. The van der Waals surface area contributed by atoms with Crippen molar-refractivity contribution in [3.8, 4) is 0 Å². The largest absolute Gasteiger partial charge is 0.316 e. The van der Waals surface area contributed by atoms with Gasteiger partial charge < -0.3 is 5.32 Å². The molecule has 0 fully saturated rings. The predicted octanol–water partition coefficient (Wildman–Crippen LogP) is 1.16. The first-order chi connectivity index (χ1) is 8.88. The Balaban J connectivity index is 2.21. The van der Waals surface area contributed by atoms with Gasteiger partial charge in [-0.05, 0) is 31.5 Å². The maximum absolute atomic E-state index is 10.9. The Morgan fingerprint density at radius 1 is 1.21 bits per heavy atom. The molecule has 0 spiro atoms. The molecule has 0 atom stereocenters. The van der Waals surface area contributed by atoms with E-state index in [0.717, 1.165) is 18.5 Å². The van der Waals surface area contributed by atoms with E-state index in [0.29, 0.717) is 13.0 Å². The lowest BCUT2D eigenvalue weighted by molar-refractivity contribution is -0.384. The predicted molar refractivity (Wildman–Crippen MR) is 74.0 cm³/mol. The molecule has 0 saturated carbocycles. The fourth-order valence-corrected chi connectivity index (χ4v) is 2.27. The van der Waals surface area contributed by atoms with E-state index in [2.05, 4.69) is 5.32 Å². The Labute approximate surface area is 112 Å². The monoisotopic (exact) mass is 286 g/mol. The van der Waals surface area contributed by atoms with Gasteiger partial charge in [0.1, 0.15) is 9.84 Å². The Hall–Kier alpha value is -1.47. The van der Waals surface area contributed by atoms with Crippen LogP contribution in [0.4, 0.5) is 5.69 Å². The summed E-state index contributed by atoms with van der Waals surface area (Å²) in [6.07, 6.45) is 2.58. The van der Waals surface area contributed by atoms with Crippen LogP contribution in [-0.4, -0.2) is 38.4 Å². The number of nitro groups is 1. The number of hydrogen-bond donors (Lipinski definition) is 1. The topological polar surface area (TPSA) is 89.3 Å². The van der Waals surface area contributed by atoms with Gasteiger partial charge in [0.05, 0.1) is 10.7 Å². The lowest BCUT2D eigenvalue weighted by atomic mass is 10.1.